The summed E-state index contributed by atoms with van der Waals surface area (Å²) in [5.74, 6) is 1.72. The van der Waals surface area contributed by atoms with E-state index in [2.05, 4.69) is 12.4 Å². The first kappa shape index (κ1) is 12.0. The van der Waals surface area contributed by atoms with E-state index < -0.39 is 0 Å². The molecule has 4 atom stereocenters. The standard InChI is InChI=1S/C15H27NO/c1-16-15(11-6-4-2-3-5-7-11)13-10-12-8-9-14(13)17-12/h11-16H,2-10H2,1H3. The lowest BCUT2D eigenvalue weighted by Gasteiger charge is -2.34. The third-order valence-corrected chi connectivity index (χ3v) is 5.36. The minimum atomic E-state index is 0.584. The number of rotatable bonds is 3. The normalized spacial score (nSPS) is 40.4. The molecular formula is C15H27NO. The number of hydrogen-bond donors (Lipinski definition) is 1. The highest BCUT2D eigenvalue weighted by atomic mass is 16.5. The SMILES string of the molecule is CNC(C1CCCCCC1)C1CC2CCC1O2. The maximum absolute atomic E-state index is 6.05. The van der Waals surface area contributed by atoms with Crippen LogP contribution in [0.1, 0.15) is 57.8 Å². The fourth-order valence-corrected chi connectivity index (χ4v) is 4.52. The monoisotopic (exact) mass is 237 g/mol. The molecule has 2 heterocycles. The Bertz CT molecular complexity index is 247. The molecule has 2 bridgehead atoms. The lowest BCUT2D eigenvalue weighted by Crippen LogP contribution is -2.44. The van der Waals surface area contributed by atoms with Gasteiger partial charge in [-0.05, 0) is 45.1 Å². The fraction of sp³-hybridized carbons (Fsp3) is 1.00. The second-order valence-electron chi connectivity index (χ2n) is 6.34. The van der Waals surface area contributed by atoms with Crippen molar-refractivity contribution < 1.29 is 4.74 Å². The van der Waals surface area contributed by atoms with Gasteiger partial charge in [-0.3, -0.25) is 0 Å². The van der Waals surface area contributed by atoms with Crippen molar-refractivity contribution in [3.8, 4) is 0 Å². The average molecular weight is 237 g/mol. The molecule has 0 spiro atoms. The summed E-state index contributed by atoms with van der Waals surface area (Å²) in [5.41, 5.74) is 0. The smallest absolute Gasteiger partial charge is 0.0623 e. The van der Waals surface area contributed by atoms with Gasteiger partial charge in [0.25, 0.3) is 0 Å². The number of nitrogens with one attached hydrogen (secondary N) is 1. The molecule has 2 aliphatic heterocycles. The van der Waals surface area contributed by atoms with Crippen LogP contribution in [0.15, 0.2) is 0 Å². The van der Waals surface area contributed by atoms with Crippen molar-refractivity contribution in [2.45, 2.75) is 76.0 Å². The minimum absolute atomic E-state index is 0.584. The average Bonchev–Trinajstić information content (AvgIpc) is 2.86. The Balaban J connectivity index is 1.65. The van der Waals surface area contributed by atoms with Crippen LogP contribution in [0, 0.1) is 11.8 Å². The zero-order chi connectivity index (χ0) is 11.7. The molecule has 0 aromatic rings. The first-order valence-corrected chi connectivity index (χ1v) is 7.71. The van der Waals surface area contributed by atoms with Crippen molar-refractivity contribution in [2.75, 3.05) is 7.05 Å². The van der Waals surface area contributed by atoms with E-state index in [4.69, 9.17) is 4.74 Å². The zero-order valence-corrected chi connectivity index (χ0v) is 11.2. The van der Waals surface area contributed by atoms with E-state index in [1.807, 2.05) is 0 Å². The van der Waals surface area contributed by atoms with E-state index in [9.17, 15) is 0 Å². The predicted molar refractivity (Wildman–Crippen MR) is 70.0 cm³/mol. The quantitative estimate of drug-likeness (QED) is 0.762. The molecule has 98 valence electrons. The Labute approximate surface area is 105 Å². The highest BCUT2D eigenvalue weighted by Gasteiger charge is 2.45. The van der Waals surface area contributed by atoms with Gasteiger partial charge in [0.15, 0.2) is 0 Å². The topological polar surface area (TPSA) is 21.3 Å². The van der Waals surface area contributed by atoms with E-state index in [-0.39, 0.29) is 0 Å². The van der Waals surface area contributed by atoms with Crippen LogP contribution in [0.2, 0.25) is 0 Å². The van der Waals surface area contributed by atoms with Gasteiger partial charge in [-0.2, -0.15) is 0 Å². The molecule has 2 nitrogen and oxygen atoms in total. The number of hydrogen-bond acceptors (Lipinski definition) is 2. The molecule has 0 amide bonds. The number of fused-ring (bicyclic) bond motifs is 2. The molecule has 0 radical (unpaired) electrons. The second kappa shape index (κ2) is 5.27. The van der Waals surface area contributed by atoms with Gasteiger partial charge in [-0.25, -0.2) is 0 Å². The highest BCUT2D eigenvalue weighted by molar-refractivity contribution is 4.97. The van der Waals surface area contributed by atoms with E-state index >= 15 is 0 Å². The van der Waals surface area contributed by atoms with Crippen molar-refractivity contribution >= 4 is 0 Å². The zero-order valence-electron chi connectivity index (χ0n) is 11.2. The second-order valence-corrected chi connectivity index (χ2v) is 6.34. The molecule has 0 aromatic carbocycles. The van der Waals surface area contributed by atoms with Crippen LogP contribution < -0.4 is 5.32 Å². The maximum Gasteiger partial charge on any atom is 0.0623 e. The van der Waals surface area contributed by atoms with Gasteiger partial charge in [-0.1, -0.05) is 25.7 Å². The molecule has 1 saturated carbocycles. The highest BCUT2D eigenvalue weighted by Crippen LogP contribution is 2.43. The molecule has 3 aliphatic rings. The van der Waals surface area contributed by atoms with E-state index in [0.717, 1.165) is 17.9 Å². The first-order chi connectivity index (χ1) is 8.38. The minimum Gasteiger partial charge on any atom is -0.375 e. The molecule has 1 N–H and O–H groups in total. The fourth-order valence-electron chi connectivity index (χ4n) is 4.52. The predicted octanol–water partition coefficient (Wildman–Crippen LogP) is 3.11. The molecule has 0 aromatic heterocycles. The Morgan fingerprint density at radius 2 is 1.76 bits per heavy atom. The summed E-state index contributed by atoms with van der Waals surface area (Å²) in [6.45, 7) is 0. The van der Waals surface area contributed by atoms with Gasteiger partial charge in [0.2, 0.25) is 0 Å². The van der Waals surface area contributed by atoms with Gasteiger partial charge in [-0.15, -0.1) is 0 Å². The van der Waals surface area contributed by atoms with E-state index in [1.54, 1.807) is 0 Å². The van der Waals surface area contributed by atoms with Crippen LogP contribution in [0.5, 0.6) is 0 Å². The maximum atomic E-state index is 6.05. The Kier molecular flexibility index (Phi) is 3.72. The Hall–Kier alpha value is -0.0800. The van der Waals surface area contributed by atoms with Gasteiger partial charge < -0.3 is 10.1 Å². The van der Waals surface area contributed by atoms with Crippen LogP contribution in [-0.2, 0) is 4.74 Å². The van der Waals surface area contributed by atoms with Gasteiger partial charge in [0, 0.05) is 12.0 Å². The van der Waals surface area contributed by atoms with Crippen molar-refractivity contribution in [3.05, 3.63) is 0 Å². The molecule has 17 heavy (non-hydrogen) atoms. The van der Waals surface area contributed by atoms with Crippen molar-refractivity contribution in [1.82, 2.24) is 5.32 Å². The van der Waals surface area contributed by atoms with Crippen molar-refractivity contribution in [2.24, 2.45) is 11.8 Å². The van der Waals surface area contributed by atoms with Crippen molar-refractivity contribution in [1.29, 1.82) is 0 Å². The van der Waals surface area contributed by atoms with Crippen LogP contribution in [0.3, 0.4) is 0 Å². The largest absolute Gasteiger partial charge is 0.375 e. The molecule has 2 saturated heterocycles. The van der Waals surface area contributed by atoms with Crippen molar-refractivity contribution in [3.63, 3.8) is 0 Å². The molecule has 1 aliphatic carbocycles. The third-order valence-electron chi connectivity index (χ3n) is 5.36. The van der Waals surface area contributed by atoms with Crippen LogP contribution >= 0.6 is 0 Å². The molecule has 3 fully saturated rings. The van der Waals surface area contributed by atoms with Crippen LogP contribution in [-0.4, -0.2) is 25.3 Å². The van der Waals surface area contributed by atoms with Gasteiger partial charge >= 0.3 is 0 Å². The molecular weight excluding hydrogens is 210 g/mol. The summed E-state index contributed by atoms with van der Waals surface area (Å²) in [6.07, 6.45) is 13.9. The summed E-state index contributed by atoms with van der Waals surface area (Å²) < 4.78 is 6.05. The molecule has 2 heteroatoms. The van der Waals surface area contributed by atoms with Crippen LogP contribution in [0.25, 0.3) is 0 Å². The van der Waals surface area contributed by atoms with E-state index in [0.29, 0.717) is 12.2 Å². The summed E-state index contributed by atoms with van der Waals surface area (Å²) in [6, 6.07) is 0.725. The Morgan fingerprint density at radius 3 is 2.29 bits per heavy atom. The summed E-state index contributed by atoms with van der Waals surface area (Å²) >= 11 is 0. The van der Waals surface area contributed by atoms with Crippen LogP contribution in [0.4, 0.5) is 0 Å². The number of ether oxygens (including phenoxy) is 1. The molecule has 4 unspecified atom stereocenters. The summed E-state index contributed by atoms with van der Waals surface area (Å²) in [5, 5.41) is 3.65. The lowest BCUT2D eigenvalue weighted by atomic mass is 9.76. The Morgan fingerprint density at radius 1 is 1.00 bits per heavy atom. The summed E-state index contributed by atoms with van der Waals surface area (Å²) in [4.78, 5) is 0. The summed E-state index contributed by atoms with van der Waals surface area (Å²) in [7, 11) is 2.17. The van der Waals surface area contributed by atoms with Gasteiger partial charge in [0.05, 0.1) is 12.2 Å². The lowest BCUT2D eigenvalue weighted by molar-refractivity contribution is 0.0790. The molecule has 3 rings (SSSR count). The first-order valence-electron chi connectivity index (χ1n) is 7.71. The van der Waals surface area contributed by atoms with Gasteiger partial charge in [0.1, 0.15) is 0 Å². The van der Waals surface area contributed by atoms with E-state index in [1.165, 1.54) is 57.8 Å². The third kappa shape index (κ3) is 2.39.